The second-order valence-corrected chi connectivity index (χ2v) is 12.1. The van der Waals surface area contributed by atoms with Crippen molar-refractivity contribution in [2.45, 2.75) is 35.8 Å². The average molecular weight is 485 g/mol. The van der Waals surface area contributed by atoms with E-state index in [0.29, 0.717) is 11.4 Å². The molecule has 9 heteroatoms. The summed E-state index contributed by atoms with van der Waals surface area (Å²) in [6.07, 6.45) is -0.761. The molecule has 3 aromatic rings. The Kier molecular flexibility index (Phi) is 5.23. The normalized spacial score (nSPS) is 20.4. The van der Waals surface area contributed by atoms with Crippen LogP contribution >= 0.6 is 0 Å². The van der Waals surface area contributed by atoms with Crippen molar-refractivity contribution in [1.82, 2.24) is 0 Å². The maximum atomic E-state index is 13.7. The zero-order valence-electron chi connectivity index (χ0n) is 18.2. The van der Waals surface area contributed by atoms with Gasteiger partial charge in [0, 0.05) is 0 Å². The van der Waals surface area contributed by atoms with E-state index in [-0.39, 0.29) is 35.1 Å². The molecule has 0 unspecified atom stereocenters. The molecule has 2 atom stereocenters. The van der Waals surface area contributed by atoms with Crippen LogP contribution in [0.5, 0.6) is 0 Å². The summed E-state index contributed by atoms with van der Waals surface area (Å²) in [6, 6.07) is 19.9. The van der Waals surface area contributed by atoms with Gasteiger partial charge in [0.2, 0.25) is 0 Å². The van der Waals surface area contributed by atoms with Gasteiger partial charge in [0.15, 0.2) is 0 Å². The summed E-state index contributed by atoms with van der Waals surface area (Å²) >= 11 is 0. The van der Waals surface area contributed by atoms with Crippen LogP contribution in [-0.4, -0.2) is 42.1 Å². The molecule has 3 aromatic carbocycles. The SMILES string of the molecule is Cc1ccc(S(=O)(=O)N2C[C@@H]3O[C@@H]3CN(S(=O)(=O)c3ccc(C)cc3)c3ccccc32)cc1. The van der Waals surface area contributed by atoms with Crippen LogP contribution in [0.4, 0.5) is 11.4 Å². The minimum absolute atomic E-state index is 0.121. The monoisotopic (exact) mass is 484 g/mol. The van der Waals surface area contributed by atoms with Gasteiger partial charge < -0.3 is 4.74 Å². The van der Waals surface area contributed by atoms with Gasteiger partial charge in [-0.25, -0.2) is 16.8 Å². The molecule has 1 saturated heterocycles. The second kappa shape index (κ2) is 7.86. The Morgan fingerprint density at radius 2 is 1.00 bits per heavy atom. The zero-order valence-corrected chi connectivity index (χ0v) is 19.9. The smallest absolute Gasteiger partial charge is 0.264 e. The Morgan fingerprint density at radius 1 is 0.636 bits per heavy atom. The highest BCUT2D eigenvalue weighted by molar-refractivity contribution is 7.93. The highest BCUT2D eigenvalue weighted by Crippen LogP contribution is 2.41. The second-order valence-electron chi connectivity index (χ2n) is 8.40. The van der Waals surface area contributed by atoms with Gasteiger partial charge in [-0.05, 0) is 50.2 Å². The van der Waals surface area contributed by atoms with Crippen LogP contribution < -0.4 is 8.61 Å². The molecular formula is C24H24N2O5S2. The van der Waals surface area contributed by atoms with E-state index in [1.807, 2.05) is 13.8 Å². The largest absolute Gasteiger partial charge is 0.366 e. The molecule has 0 N–H and O–H groups in total. The number of hydrogen-bond acceptors (Lipinski definition) is 5. The van der Waals surface area contributed by atoms with E-state index < -0.39 is 20.0 Å². The van der Waals surface area contributed by atoms with E-state index in [4.69, 9.17) is 4.74 Å². The van der Waals surface area contributed by atoms with E-state index in [9.17, 15) is 16.8 Å². The Morgan fingerprint density at radius 3 is 1.36 bits per heavy atom. The number of hydrogen-bond donors (Lipinski definition) is 0. The first-order valence-electron chi connectivity index (χ1n) is 10.6. The van der Waals surface area contributed by atoms with Crippen molar-refractivity contribution in [3.63, 3.8) is 0 Å². The zero-order chi connectivity index (χ0) is 23.4. The summed E-state index contributed by atoms with van der Waals surface area (Å²) in [4.78, 5) is 0.294. The Balaban J connectivity index is 1.65. The first kappa shape index (κ1) is 21.9. The lowest BCUT2D eigenvalue weighted by Crippen LogP contribution is -2.42. The lowest BCUT2D eigenvalue weighted by molar-refractivity contribution is 0.376. The van der Waals surface area contributed by atoms with E-state index in [1.165, 1.54) is 8.61 Å². The van der Waals surface area contributed by atoms with E-state index in [2.05, 4.69) is 0 Å². The topological polar surface area (TPSA) is 87.3 Å². The molecular weight excluding hydrogens is 460 g/mol. The molecule has 0 aromatic heterocycles. The molecule has 1 fully saturated rings. The molecule has 2 aliphatic rings. The van der Waals surface area contributed by atoms with Gasteiger partial charge >= 0.3 is 0 Å². The van der Waals surface area contributed by atoms with Gasteiger partial charge in [0.05, 0.1) is 34.3 Å². The maximum absolute atomic E-state index is 13.7. The molecule has 0 spiro atoms. The number of anilines is 2. The molecule has 7 nitrogen and oxygen atoms in total. The van der Waals surface area contributed by atoms with Crippen LogP contribution in [-0.2, 0) is 24.8 Å². The number of sulfonamides is 2. The van der Waals surface area contributed by atoms with Crippen molar-refractivity contribution in [2.24, 2.45) is 0 Å². The molecule has 172 valence electrons. The number of para-hydroxylation sites is 2. The third-order valence-electron chi connectivity index (χ3n) is 6.02. The summed E-state index contributed by atoms with van der Waals surface area (Å²) in [5, 5.41) is 0. The quantitative estimate of drug-likeness (QED) is 0.529. The Bertz CT molecular complexity index is 1290. The van der Waals surface area contributed by atoms with Crippen LogP contribution in [0.15, 0.2) is 82.6 Å². The number of aryl methyl sites for hydroxylation is 2. The van der Waals surface area contributed by atoms with Crippen LogP contribution in [0.25, 0.3) is 0 Å². The highest BCUT2D eigenvalue weighted by atomic mass is 32.2. The molecule has 0 bridgehead atoms. The van der Waals surface area contributed by atoms with Crippen molar-refractivity contribution in [3.8, 4) is 0 Å². The minimum atomic E-state index is -3.95. The van der Waals surface area contributed by atoms with Crippen LogP contribution in [0, 0.1) is 13.8 Å². The van der Waals surface area contributed by atoms with E-state index in [1.54, 1.807) is 72.8 Å². The number of ether oxygens (including phenoxy) is 1. The van der Waals surface area contributed by atoms with Crippen LogP contribution in [0.1, 0.15) is 11.1 Å². The number of rotatable bonds is 4. The third-order valence-corrected chi connectivity index (χ3v) is 9.60. The van der Waals surface area contributed by atoms with Gasteiger partial charge in [-0.15, -0.1) is 0 Å². The first-order chi connectivity index (χ1) is 15.7. The summed E-state index contributed by atoms with van der Waals surface area (Å²) in [5.41, 5.74) is 2.51. The van der Waals surface area contributed by atoms with E-state index in [0.717, 1.165) is 11.1 Å². The van der Waals surface area contributed by atoms with Crippen molar-refractivity contribution in [2.75, 3.05) is 21.7 Å². The number of nitrogens with zero attached hydrogens (tertiary/aromatic N) is 2. The van der Waals surface area contributed by atoms with Gasteiger partial charge in [0.25, 0.3) is 20.0 Å². The molecule has 0 aliphatic carbocycles. The standard InChI is InChI=1S/C24H24N2O5S2/c1-17-7-11-19(12-8-17)32(27,28)25-15-23-24(31-23)16-26(22-6-4-3-5-21(22)25)33(29,30)20-13-9-18(2)10-14-20/h3-14,23-24H,15-16H2,1-2H3/t23-,24+. The third kappa shape index (κ3) is 3.90. The highest BCUT2D eigenvalue weighted by Gasteiger charge is 2.48. The van der Waals surface area contributed by atoms with Crippen LogP contribution in [0.3, 0.4) is 0 Å². The number of benzene rings is 3. The number of epoxide rings is 1. The summed E-state index contributed by atoms with van der Waals surface area (Å²) < 4.78 is 62.9. The van der Waals surface area contributed by atoms with E-state index >= 15 is 0 Å². The molecule has 0 amide bonds. The molecule has 33 heavy (non-hydrogen) atoms. The fraction of sp³-hybridized carbons (Fsp3) is 0.250. The number of fused-ring (bicyclic) bond motifs is 2. The summed E-state index contributed by atoms with van der Waals surface area (Å²) in [6.45, 7) is 4.02. The van der Waals surface area contributed by atoms with Crippen molar-refractivity contribution < 1.29 is 21.6 Å². The fourth-order valence-corrected chi connectivity index (χ4v) is 7.02. The average Bonchev–Trinajstić information content (AvgIpc) is 3.52. The Hall–Kier alpha value is -2.88. The molecule has 0 radical (unpaired) electrons. The molecule has 0 saturated carbocycles. The van der Waals surface area contributed by atoms with Crippen molar-refractivity contribution in [1.29, 1.82) is 0 Å². The fourth-order valence-electron chi connectivity index (χ4n) is 4.04. The predicted octanol–water partition coefficient (Wildman–Crippen LogP) is 3.48. The lowest BCUT2D eigenvalue weighted by Gasteiger charge is -2.32. The summed E-state index contributed by atoms with van der Waals surface area (Å²) in [7, 11) is -7.89. The molecule has 5 rings (SSSR count). The molecule has 2 heterocycles. The summed E-state index contributed by atoms with van der Waals surface area (Å²) in [5.74, 6) is 0. The van der Waals surface area contributed by atoms with Gasteiger partial charge in [-0.3, -0.25) is 8.61 Å². The maximum Gasteiger partial charge on any atom is 0.264 e. The Labute approximate surface area is 194 Å². The van der Waals surface area contributed by atoms with Gasteiger partial charge in [0.1, 0.15) is 12.2 Å². The van der Waals surface area contributed by atoms with Gasteiger partial charge in [-0.1, -0.05) is 47.5 Å². The first-order valence-corrected chi connectivity index (χ1v) is 13.5. The van der Waals surface area contributed by atoms with Gasteiger partial charge in [-0.2, -0.15) is 0 Å². The van der Waals surface area contributed by atoms with Crippen molar-refractivity contribution in [3.05, 3.63) is 83.9 Å². The lowest BCUT2D eigenvalue weighted by atomic mass is 10.2. The minimum Gasteiger partial charge on any atom is -0.366 e. The molecule has 2 aliphatic heterocycles. The predicted molar refractivity (Wildman–Crippen MR) is 127 cm³/mol. The van der Waals surface area contributed by atoms with Crippen molar-refractivity contribution >= 4 is 31.4 Å². The van der Waals surface area contributed by atoms with Crippen LogP contribution in [0.2, 0.25) is 0 Å².